The zero-order valence-corrected chi connectivity index (χ0v) is 15.7. The highest BCUT2D eigenvalue weighted by Gasteiger charge is 2.30. The van der Waals surface area contributed by atoms with Crippen LogP contribution in [0.2, 0.25) is 10.0 Å². The molecule has 0 bridgehead atoms. The average molecular weight is 377 g/mol. The summed E-state index contributed by atoms with van der Waals surface area (Å²) >= 11 is 12.1. The highest BCUT2D eigenvalue weighted by molar-refractivity contribution is 6.35. The Bertz CT molecular complexity index is 715. The van der Waals surface area contributed by atoms with Crippen molar-refractivity contribution in [3.8, 4) is 0 Å². The van der Waals surface area contributed by atoms with Gasteiger partial charge in [0.25, 0.3) is 0 Å². The summed E-state index contributed by atoms with van der Waals surface area (Å²) < 4.78 is 0. The summed E-state index contributed by atoms with van der Waals surface area (Å²) in [4.78, 5) is 15.4. The van der Waals surface area contributed by atoms with Crippen LogP contribution in [0.25, 0.3) is 0 Å². The molecular weight excluding hydrogens is 355 g/mol. The monoisotopic (exact) mass is 376 g/mol. The number of carbonyl (C=O) groups excluding carboxylic acids is 1. The van der Waals surface area contributed by atoms with E-state index in [1.807, 2.05) is 30.3 Å². The number of halogens is 2. The minimum atomic E-state index is -0.318. The van der Waals surface area contributed by atoms with Gasteiger partial charge in [-0.15, -0.1) is 0 Å². The van der Waals surface area contributed by atoms with Gasteiger partial charge in [-0.3, -0.25) is 9.69 Å². The van der Waals surface area contributed by atoms with E-state index in [1.165, 1.54) is 6.42 Å². The molecule has 2 aromatic carbocycles. The predicted octanol–water partition coefficient (Wildman–Crippen LogP) is 5.41. The molecule has 0 unspecified atom stereocenters. The summed E-state index contributed by atoms with van der Waals surface area (Å²) in [6.07, 6.45) is 2.32. The van der Waals surface area contributed by atoms with Crippen LogP contribution in [-0.2, 0) is 4.79 Å². The van der Waals surface area contributed by atoms with Crippen LogP contribution >= 0.6 is 23.2 Å². The second-order valence-electron chi connectivity index (χ2n) is 6.70. The van der Waals surface area contributed by atoms with Crippen molar-refractivity contribution in [2.45, 2.75) is 25.8 Å². The minimum absolute atomic E-state index is 0.0568. The zero-order chi connectivity index (χ0) is 17.8. The Kier molecular flexibility index (Phi) is 6.00. The molecule has 0 spiro atoms. The normalized spacial score (nSPS) is 19.4. The van der Waals surface area contributed by atoms with E-state index < -0.39 is 0 Å². The predicted molar refractivity (Wildman–Crippen MR) is 104 cm³/mol. The number of rotatable bonds is 4. The van der Waals surface area contributed by atoms with Gasteiger partial charge < -0.3 is 5.32 Å². The molecule has 0 aromatic heterocycles. The smallest absolute Gasteiger partial charge is 0.246 e. The molecule has 0 saturated carbocycles. The quantitative estimate of drug-likeness (QED) is 0.773. The van der Waals surface area contributed by atoms with Gasteiger partial charge in [-0.05, 0) is 49.1 Å². The Balaban J connectivity index is 1.86. The molecule has 2 atom stereocenters. The standard InChI is InChI=1S/C20H22Cl2N2O/c1-14-6-5-9-24(13-14)19(15-7-3-2-4-8-15)20(25)23-18-11-16(21)10-17(22)12-18/h2-4,7-8,10-12,14,19H,5-6,9,13H2,1H3,(H,23,25)/t14-,19-/m0/s1. The van der Waals surface area contributed by atoms with E-state index in [2.05, 4.69) is 17.1 Å². The summed E-state index contributed by atoms with van der Waals surface area (Å²) in [5.41, 5.74) is 1.62. The van der Waals surface area contributed by atoms with Crippen molar-refractivity contribution in [1.82, 2.24) is 4.90 Å². The molecule has 1 fully saturated rings. The van der Waals surface area contributed by atoms with Crippen LogP contribution in [0.15, 0.2) is 48.5 Å². The van der Waals surface area contributed by atoms with E-state index in [1.54, 1.807) is 18.2 Å². The lowest BCUT2D eigenvalue weighted by molar-refractivity contribution is -0.122. The zero-order valence-electron chi connectivity index (χ0n) is 14.2. The molecule has 2 aromatic rings. The van der Waals surface area contributed by atoms with Gasteiger partial charge in [-0.1, -0.05) is 60.5 Å². The van der Waals surface area contributed by atoms with Crippen LogP contribution in [0.4, 0.5) is 5.69 Å². The van der Waals surface area contributed by atoms with E-state index in [0.29, 0.717) is 21.7 Å². The average Bonchev–Trinajstić information content (AvgIpc) is 2.55. The third kappa shape index (κ3) is 4.75. The van der Waals surface area contributed by atoms with E-state index in [4.69, 9.17) is 23.2 Å². The number of benzene rings is 2. The van der Waals surface area contributed by atoms with E-state index in [0.717, 1.165) is 25.1 Å². The van der Waals surface area contributed by atoms with Crippen molar-refractivity contribution in [1.29, 1.82) is 0 Å². The molecular formula is C20H22Cl2N2O. The molecule has 3 nitrogen and oxygen atoms in total. The molecule has 1 N–H and O–H groups in total. The van der Waals surface area contributed by atoms with Crippen molar-refractivity contribution in [2.75, 3.05) is 18.4 Å². The van der Waals surface area contributed by atoms with Gasteiger partial charge in [0.2, 0.25) is 5.91 Å². The summed E-state index contributed by atoms with van der Waals surface area (Å²) in [6.45, 7) is 4.08. The minimum Gasteiger partial charge on any atom is -0.324 e. The van der Waals surface area contributed by atoms with Crippen molar-refractivity contribution in [2.24, 2.45) is 5.92 Å². The summed E-state index contributed by atoms with van der Waals surface area (Å²) in [5.74, 6) is 0.534. The third-order valence-electron chi connectivity index (χ3n) is 4.55. The van der Waals surface area contributed by atoms with Crippen LogP contribution in [-0.4, -0.2) is 23.9 Å². The number of hydrogen-bond donors (Lipinski definition) is 1. The second kappa shape index (κ2) is 8.22. The Morgan fingerprint density at radius 2 is 1.84 bits per heavy atom. The van der Waals surface area contributed by atoms with Crippen molar-refractivity contribution < 1.29 is 4.79 Å². The maximum absolute atomic E-state index is 13.1. The van der Waals surface area contributed by atoms with Crippen molar-refractivity contribution >= 4 is 34.8 Å². The van der Waals surface area contributed by atoms with E-state index in [9.17, 15) is 4.79 Å². The lowest BCUT2D eigenvalue weighted by Crippen LogP contribution is -2.42. The topological polar surface area (TPSA) is 32.3 Å². The van der Waals surface area contributed by atoms with Crippen LogP contribution < -0.4 is 5.32 Å². The third-order valence-corrected chi connectivity index (χ3v) is 4.98. The molecule has 1 amide bonds. The van der Waals surface area contributed by atoms with Crippen molar-refractivity contribution in [3.63, 3.8) is 0 Å². The lowest BCUT2D eigenvalue weighted by Gasteiger charge is -2.36. The first kappa shape index (κ1) is 18.2. The highest BCUT2D eigenvalue weighted by Crippen LogP contribution is 2.29. The van der Waals surface area contributed by atoms with Crippen LogP contribution in [0, 0.1) is 5.92 Å². The number of anilines is 1. The van der Waals surface area contributed by atoms with Crippen LogP contribution in [0.3, 0.4) is 0 Å². The number of nitrogens with zero attached hydrogens (tertiary/aromatic N) is 1. The van der Waals surface area contributed by atoms with Gasteiger partial charge in [-0.2, -0.15) is 0 Å². The maximum atomic E-state index is 13.1. The summed E-state index contributed by atoms with van der Waals surface area (Å²) in [6, 6.07) is 14.7. The molecule has 1 saturated heterocycles. The highest BCUT2D eigenvalue weighted by atomic mass is 35.5. The number of likely N-dealkylation sites (tertiary alicyclic amines) is 1. The molecule has 25 heavy (non-hydrogen) atoms. The summed E-state index contributed by atoms with van der Waals surface area (Å²) in [7, 11) is 0. The molecule has 1 heterocycles. The maximum Gasteiger partial charge on any atom is 0.246 e. The lowest BCUT2D eigenvalue weighted by atomic mass is 9.95. The molecule has 132 valence electrons. The van der Waals surface area contributed by atoms with E-state index >= 15 is 0 Å². The fraction of sp³-hybridized carbons (Fsp3) is 0.350. The Labute approximate surface area is 158 Å². The largest absolute Gasteiger partial charge is 0.324 e. The second-order valence-corrected chi connectivity index (χ2v) is 7.58. The van der Waals surface area contributed by atoms with Gasteiger partial charge in [0.15, 0.2) is 0 Å². The van der Waals surface area contributed by atoms with Crippen LogP contribution in [0.1, 0.15) is 31.4 Å². The van der Waals surface area contributed by atoms with Crippen LogP contribution in [0.5, 0.6) is 0 Å². The molecule has 1 aliphatic rings. The van der Waals surface area contributed by atoms with Gasteiger partial charge in [0.05, 0.1) is 0 Å². The molecule has 1 aliphatic heterocycles. The first-order chi connectivity index (χ1) is 12.0. The van der Waals surface area contributed by atoms with E-state index in [-0.39, 0.29) is 11.9 Å². The number of hydrogen-bond acceptors (Lipinski definition) is 2. The number of carbonyl (C=O) groups is 1. The molecule has 0 radical (unpaired) electrons. The fourth-order valence-electron chi connectivity index (χ4n) is 3.46. The number of piperidine rings is 1. The SMILES string of the molecule is C[C@H]1CCCN([C@H](C(=O)Nc2cc(Cl)cc(Cl)c2)c2ccccc2)C1. The Morgan fingerprint density at radius 3 is 2.48 bits per heavy atom. The fourth-order valence-corrected chi connectivity index (χ4v) is 3.99. The van der Waals surface area contributed by atoms with Crippen molar-refractivity contribution in [3.05, 3.63) is 64.1 Å². The van der Waals surface area contributed by atoms with Gasteiger partial charge in [-0.25, -0.2) is 0 Å². The van der Waals surface area contributed by atoms with Gasteiger partial charge >= 0.3 is 0 Å². The Morgan fingerprint density at radius 1 is 1.16 bits per heavy atom. The Hall–Kier alpha value is -1.55. The first-order valence-electron chi connectivity index (χ1n) is 8.59. The first-order valence-corrected chi connectivity index (χ1v) is 9.34. The molecule has 3 rings (SSSR count). The summed E-state index contributed by atoms with van der Waals surface area (Å²) in [5, 5.41) is 4.00. The van der Waals surface area contributed by atoms with Gasteiger partial charge in [0, 0.05) is 22.3 Å². The number of amides is 1. The number of nitrogens with one attached hydrogen (secondary N) is 1. The molecule has 5 heteroatoms. The van der Waals surface area contributed by atoms with Gasteiger partial charge in [0.1, 0.15) is 6.04 Å². The molecule has 0 aliphatic carbocycles.